The third-order valence-electron chi connectivity index (χ3n) is 4.16. The number of esters is 1. The van der Waals surface area contributed by atoms with E-state index in [0.717, 1.165) is 23.0 Å². The summed E-state index contributed by atoms with van der Waals surface area (Å²) in [6, 6.07) is 1.74. The van der Waals surface area contributed by atoms with E-state index in [2.05, 4.69) is 9.84 Å². The van der Waals surface area contributed by atoms with Crippen molar-refractivity contribution < 1.29 is 50.3 Å². The molecule has 0 aliphatic carbocycles. The quantitative estimate of drug-likeness (QED) is 0.246. The van der Waals surface area contributed by atoms with Crippen LogP contribution in [0.4, 0.5) is 37.0 Å². The summed E-state index contributed by atoms with van der Waals surface area (Å²) < 4.78 is 86.4. The summed E-state index contributed by atoms with van der Waals surface area (Å²) in [5.41, 5.74) is -2.75. The molecule has 0 spiro atoms. The van der Waals surface area contributed by atoms with Crippen molar-refractivity contribution in [2.45, 2.75) is 51.2 Å². The van der Waals surface area contributed by atoms with Crippen LogP contribution in [0.3, 0.4) is 0 Å². The Morgan fingerprint density at radius 2 is 1.81 bits per heavy atom. The number of alkyl carbamates (subject to hydrolysis) is 1. The first-order valence-electron chi connectivity index (χ1n) is 9.99. The molecule has 0 saturated carbocycles. The van der Waals surface area contributed by atoms with Crippen LogP contribution in [-0.4, -0.2) is 51.2 Å². The first kappa shape index (κ1) is 28.4. The highest BCUT2D eigenvalue weighted by molar-refractivity contribution is 5.82. The largest absolute Gasteiger partial charge is 0.454 e. The number of amides is 1. The first-order valence-corrected chi connectivity index (χ1v) is 9.99. The molecule has 0 fully saturated rings. The summed E-state index contributed by atoms with van der Waals surface area (Å²) in [6.45, 7) is 2.40. The van der Waals surface area contributed by atoms with Gasteiger partial charge in [0.25, 0.3) is 0 Å². The highest BCUT2D eigenvalue weighted by atomic mass is 19.4. The van der Waals surface area contributed by atoms with Gasteiger partial charge in [0.1, 0.15) is 11.6 Å². The van der Waals surface area contributed by atoms with E-state index in [-0.39, 0.29) is 11.3 Å². The van der Waals surface area contributed by atoms with Gasteiger partial charge in [-0.05, 0) is 43.9 Å². The number of benzene rings is 1. The van der Waals surface area contributed by atoms with E-state index >= 15 is 0 Å². The molecule has 36 heavy (non-hydrogen) atoms. The van der Waals surface area contributed by atoms with Crippen molar-refractivity contribution >= 4 is 17.9 Å². The van der Waals surface area contributed by atoms with Crippen LogP contribution in [0.5, 0.6) is 0 Å². The lowest BCUT2D eigenvalue weighted by Crippen LogP contribution is -2.46. The van der Waals surface area contributed by atoms with Crippen molar-refractivity contribution in [3.63, 3.8) is 0 Å². The molecule has 0 radical (unpaired) electrons. The molecule has 1 atom stereocenters. The van der Waals surface area contributed by atoms with E-state index in [0.29, 0.717) is 6.07 Å². The van der Waals surface area contributed by atoms with E-state index in [1.807, 2.05) is 5.32 Å². The monoisotopic (exact) mass is 526 g/mol. The van der Waals surface area contributed by atoms with Crippen LogP contribution in [0.25, 0.3) is 5.69 Å². The van der Waals surface area contributed by atoms with Gasteiger partial charge >= 0.3 is 30.2 Å². The lowest BCUT2D eigenvalue weighted by atomic mass is 10.1. The van der Waals surface area contributed by atoms with Gasteiger partial charge in [-0.15, -0.1) is 4.68 Å². The predicted octanol–water partition coefficient (Wildman–Crippen LogP) is 4.34. The number of alkyl halides is 6. The Morgan fingerprint density at radius 3 is 2.33 bits per heavy atom. The molecular weight excluding hydrogens is 506 g/mol. The molecule has 0 aliphatic heterocycles. The number of halogens is 6. The molecule has 1 heterocycles. The molecule has 198 valence electrons. The fourth-order valence-corrected chi connectivity index (χ4v) is 2.77. The van der Waals surface area contributed by atoms with E-state index < -0.39 is 65.4 Å². The fraction of sp³-hybridized carbons (Fsp3) is 0.450. The van der Waals surface area contributed by atoms with E-state index in [4.69, 9.17) is 4.74 Å². The molecule has 10 nitrogen and oxygen atoms in total. The number of carbonyl (C=O) groups is 2. The summed E-state index contributed by atoms with van der Waals surface area (Å²) in [7, 11) is 0. The van der Waals surface area contributed by atoms with Crippen molar-refractivity contribution in [2.75, 3.05) is 6.61 Å². The number of ether oxygens (including phenoxy) is 2. The number of carbonyl (C=O) groups excluding carboxylic acids is 2. The van der Waals surface area contributed by atoms with Gasteiger partial charge in [-0.1, -0.05) is 6.07 Å². The van der Waals surface area contributed by atoms with E-state index in [1.165, 1.54) is 26.8 Å². The number of nitro groups is 1. The zero-order valence-electron chi connectivity index (χ0n) is 18.9. The highest BCUT2D eigenvalue weighted by Crippen LogP contribution is 2.31. The molecule has 0 saturated heterocycles. The third kappa shape index (κ3) is 8.42. The lowest BCUT2D eigenvalue weighted by Gasteiger charge is -2.22. The second-order valence-electron chi connectivity index (χ2n) is 8.35. The van der Waals surface area contributed by atoms with Crippen LogP contribution in [0.2, 0.25) is 0 Å². The Balaban J connectivity index is 2.42. The van der Waals surface area contributed by atoms with Crippen LogP contribution >= 0.6 is 0 Å². The highest BCUT2D eigenvalue weighted by Gasteiger charge is 2.35. The molecule has 1 aromatic carbocycles. The summed E-state index contributed by atoms with van der Waals surface area (Å²) >= 11 is 0. The maximum Gasteiger partial charge on any atom is 0.422 e. The second-order valence-corrected chi connectivity index (χ2v) is 8.35. The van der Waals surface area contributed by atoms with Crippen LogP contribution in [0, 0.1) is 10.1 Å². The summed E-state index contributed by atoms with van der Waals surface area (Å²) in [5, 5.41) is 17.1. The minimum atomic E-state index is -4.90. The van der Waals surface area contributed by atoms with Crippen LogP contribution < -0.4 is 5.32 Å². The zero-order chi connectivity index (χ0) is 27.5. The van der Waals surface area contributed by atoms with Crippen molar-refractivity contribution in [1.29, 1.82) is 0 Å². The Labute approximate surface area is 199 Å². The van der Waals surface area contributed by atoms with Crippen LogP contribution in [0.15, 0.2) is 30.5 Å². The second kappa shape index (κ2) is 10.4. The van der Waals surface area contributed by atoms with Crippen molar-refractivity contribution in [3.05, 3.63) is 51.7 Å². The van der Waals surface area contributed by atoms with Crippen molar-refractivity contribution in [1.82, 2.24) is 15.1 Å². The standard InChI is InChI=1S/C20H20F6N4O6/c1-18(2,3)36-17(32)27-14(16(31)35-10-19(21,22)23)7-11-9-29(28-15(11)30(33)34)13-6-4-5-12(8-13)20(24,25)26/h4-6,8-9,14H,7,10H2,1-3H3,(H,27,32). The van der Waals surface area contributed by atoms with E-state index in [9.17, 15) is 46.0 Å². The predicted molar refractivity (Wildman–Crippen MR) is 109 cm³/mol. The molecule has 1 aromatic heterocycles. The van der Waals surface area contributed by atoms with Gasteiger partial charge in [0.05, 0.1) is 28.1 Å². The maximum atomic E-state index is 13.0. The molecule has 1 unspecified atom stereocenters. The molecule has 16 heteroatoms. The number of nitrogens with one attached hydrogen (secondary N) is 1. The van der Waals surface area contributed by atoms with Gasteiger partial charge < -0.3 is 24.9 Å². The van der Waals surface area contributed by atoms with Crippen molar-refractivity contribution in [3.8, 4) is 5.69 Å². The Bertz CT molecular complexity index is 1120. The smallest absolute Gasteiger partial charge is 0.422 e. The maximum absolute atomic E-state index is 13.0. The Morgan fingerprint density at radius 1 is 1.17 bits per heavy atom. The van der Waals surface area contributed by atoms with E-state index in [1.54, 1.807) is 0 Å². The number of rotatable bonds is 7. The summed E-state index contributed by atoms with van der Waals surface area (Å²) in [6.07, 6.45) is -10.7. The number of nitrogens with zero attached hydrogens (tertiary/aromatic N) is 3. The minimum absolute atomic E-state index is 0.226. The normalized spacial score (nSPS) is 13.1. The zero-order valence-corrected chi connectivity index (χ0v) is 18.9. The first-order chi connectivity index (χ1) is 16.4. The molecule has 0 bridgehead atoms. The molecule has 0 aliphatic rings. The molecule has 1 amide bonds. The molecule has 2 rings (SSSR count). The van der Waals surface area contributed by atoms with Gasteiger partial charge in [-0.3, -0.25) is 0 Å². The summed E-state index contributed by atoms with van der Waals surface area (Å²) in [4.78, 5) is 34.9. The molecule has 1 N–H and O–H groups in total. The third-order valence-corrected chi connectivity index (χ3v) is 4.16. The molecular formula is C20H20F6N4O6. The van der Waals surface area contributed by atoms with Gasteiger partial charge in [-0.2, -0.15) is 26.3 Å². The minimum Gasteiger partial charge on any atom is -0.454 e. The van der Waals surface area contributed by atoms with Gasteiger partial charge in [0.2, 0.25) is 0 Å². The number of hydrogen-bond acceptors (Lipinski definition) is 7. The lowest BCUT2D eigenvalue weighted by molar-refractivity contribution is -0.390. The number of aromatic nitrogens is 2. The van der Waals surface area contributed by atoms with Gasteiger partial charge in [0, 0.05) is 6.42 Å². The van der Waals surface area contributed by atoms with Gasteiger partial charge in [-0.25, -0.2) is 9.59 Å². The Hall–Kier alpha value is -3.85. The van der Waals surface area contributed by atoms with Crippen LogP contribution in [0.1, 0.15) is 31.9 Å². The topological polar surface area (TPSA) is 126 Å². The van der Waals surface area contributed by atoms with Crippen molar-refractivity contribution in [2.24, 2.45) is 0 Å². The average Bonchev–Trinajstić information content (AvgIpc) is 3.13. The Kier molecular flexibility index (Phi) is 8.21. The fourth-order valence-electron chi connectivity index (χ4n) is 2.77. The van der Waals surface area contributed by atoms with Crippen LogP contribution in [-0.2, 0) is 26.9 Å². The average molecular weight is 526 g/mol. The number of hydrogen-bond donors (Lipinski definition) is 1. The SMILES string of the molecule is CC(C)(C)OC(=O)NC(Cc1cn(-c2cccc(C(F)(F)F)c2)nc1[N+](=O)[O-])C(=O)OCC(F)(F)F. The summed E-state index contributed by atoms with van der Waals surface area (Å²) in [5.74, 6) is -2.49. The van der Waals surface area contributed by atoms with Gasteiger partial charge in [0.15, 0.2) is 6.61 Å². The molecule has 2 aromatic rings.